The van der Waals surface area contributed by atoms with Gasteiger partial charge in [0.1, 0.15) is 11.5 Å². The van der Waals surface area contributed by atoms with Gasteiger partial charge in [-0.3, -0.25) is 4.79 Å². The summed E-state index contributed by atoms with van der Waals surface area (Å²) in [5.74, 6) is 0.630. The number of hydrogen-bond donors (Lipinski definition) is 0. The number of benzene rings is 4. The predicted molar refractivity (Wildman–Crippen MR) is 135 cm³/mol. The van der Waals surface area contributed by atoms with E-state index in [0.29, 0.717) is 22.7 Å². The molecule has 1 heterocycles. The molecule has 0 fully saturated rings. The highest BCUT2D eigenvalue weighted by Gasteiger charge is 2.28. The molecule has 0 aliphatic carbocycles. The second kappa shape index (κ2) is 9.37. The lowest BCUT2D eigenvalue weighted by molar-refractivity contribution is 0.101. The first kappa shape index (κ1) is 21.7. The minimum atomic E-state index is -0.577. The van der Waals surface area contributed by atoms with Crippen molar-refractivity contribution < 1.29 is 19.1 Å². The van der Waals surface area contributed by atoms with Crippen LogP contribution in [0.1, 0.15) is 15.9 Å². The van der Waals surface area contributed by atoms with Crippen LogP contribution in [0, 0.1) is 0 Å². The summed E-state index contributed by atoms with van der Waals surface area (Å²) in [7, 11) is 0. The van der Waals surface area contributed by atoms with E-state index in [0.717, 1.165) is 10.0 Å². The molecule has 6 heteroatoms. The summed E-state index contributed by atoms with van der Waals surface area (Å²) in [6, 6.07) is 30.8. The number of amides is 1. The molecule has 0 radical (unpaired) electrons. The summed E-state index contributed by atoms with van der Waals surface area (Å²) in [6.45, 7) is 0. The molecule has 1 aliphatic heterocycles. The fourth-order valence-electron chi connectivity index (χ4n) is 3.60. The normalized spacial score (nSPS) is 13.3. The van der Waals surface area contributed by atoms with Gasteiger partial charge in [0, 0.05) is 10.5 Å². The molecule has 0 saturated heterocycles. The van der Waals surface area contributed by atoms with Crippen LogP contribution >= 0.6 is 15.9 Å². The van der Waals surface area contributed by atoms with Crippen LogP contribution in [0.25, 0.3) is 6.08 Å². The number of ketones is 1. The molecule has 1 amide bonds. The van der Waals surface area contributed by atoms with Gasteiger partial charge in [0.05, 0.1) is 16.9 Å². The van der Waals surface area contributed by atoms with Gasteiger partial charge in [-0.1, -0.05) is 64.5 Å². The third-order valence-electron chi connectivity index (χ3n) is 5.23. The highest BCUT2D eigenvalue weighted by molar-refractivity contribution is 9.10. The Morgan fingerprint density at radius 1 is 0.824 bits per heavy atom. The highest BCUT2D eigenvalue weighted by atomic mass is 79.9. The lowest BCUT2D eigenvalue weighted by atomic mass is 10.1. The number of halogens is 1. The largest absolute Gasteiger partial charge is 0.452 e. The maximum Gasteiger partial charge on any atom is 0.424 e. The minimum Gasteiger partial charge on any atom is -0.452 e. The standard InChI is InChI=1S/C28H18BrNO4/c29-20-13-11-19(12-14-20)17-26-27(31)24-16-15-23(18-25(24)34-26)33-28(32)30(21-7-3-1-4-8-21)22-9-5-2-6-10-22/h1-18H/b26-17-. The number of fused-ring (bicyclic) bond motifs is 1. The lowest BCUT2D eigenvalue weighted by Crippen LogP contribution is -2.29. The Kier molecular flexibility index (Phi) is 5.97. The molecule has 4 aromatic carbocycles. The number of para-hydroxylation sites is 2. The molecular formula is C28H18BrNO4. The van der Waals surface area contributed by atoms with E-state index in [1.54, 1.807) is 24.3 Å². The van der Waals surface area contributed by atoms with Crippen molar-refractivity contribution >= 4 is 45.3 Å². The second-order valence-corrected chi connectivity index (χ2v) is 8.44. The van der Waals surface area contributed by atoms with Gasteiger partial charge < -0.3 is 9.47 Å². The van der Waals surface area contributed by atoms with E-state index in [2.05, 4.69) is 15.9 Å². The van der Waals surface area contributed by atoms with E-state index in [-0.39, 0.29) is 17.3 Å². The van der Waals surface area contributed by atoms with E-state index in [9.17, 15) is 9.59 Å². The molecule has 0 spiro atoms. The molecule has 34 heavy (non-hydrogen) atoms. The van der Waals surface area contributed by atoms with E-state index in [1.807, 2.05) is 84.9 Å². The van der Waals surface area contributed by atoms with Crippen molar-refractivity contribution in [2.24, 2.45) is 0 Å². The molecule has 1 aliphatic rings. The summed E-state index contributed by atoms with van der Waals surface area (Å²) in [6.07, 6.45) is 1.11. The molecule has 0 aromatic heterocycles. The van der Waals surface area contributed by atoms with Crippen molar-refractivity contribution in [3.63, 3.8) is 0 Å². The van der Waals surface area contributed by atoms with Gasteiger partial charge in [-0.05, 0) is 60.2 Å². The number of rotatable bonds is 4. The fourth-order valence-corrected chi connectivity index (χ4v) is 3.87. The summed E-state index contributed by atoms with van der Waals surface area (Å²) < 4.78 is 12.4. The van der Waals surface area contributed by atoms with Crippen molar-refractivity contribution in [2.45, 2.75) is 0 Å². The minimum absolute atomic E-state index is 0.217. The molecule has 166 valence electrons. The van der Waals surface area contributed by atoms with Crippen LogP contribution < -0.4 is 14.4 Å². The molecule has 5 nitrogen and oxygen atoms in total. The van der Waals surface area contributed by atoms with Crippen LogP contribution in [-0.2, 0) is 0 Å². The zero-order valence-electron chi connectivity index (χ0n) is 17.9. The molecule has 4 aromatic rings. The molecule has 0 saturated carbocycles. The van der Waals surface area contributed by atoms with Gasteiger partial charge in [-0.15, -0.1) is 0 Å². The number of Topliss-reactive ketones (excluding diaryl/α,β-unsaturated/α-hetero) is 1. The SMILES string of the molecule is O=C1/C(=C/c2ccc(Br)cc2)Oc2cc(OC(=O)N(c3ccccc3)c3ccccc3)ccc21. The molecule has 5 rings (SSSR count). The Morgan fingerprint density at radius 2 is 1.44 bits per heavy atom. The highest BCUT2D eigenvalue weighted by Crippen LogP contribution is 2.36. The first-order chi connectivity index (χ1) is 16.6. The van der Waals surface area contributed by atoms with Gasteiger partial charge in [0.2, 0.25) is 5.78 Å². The number of hydrogen-bond acceptors (Lipinski definition) is 4. The third-order valence-corrected chi connectivity index (χ3v) is 5.75. The average Bonchev–Trinajstić information content (AvgIpc) is 3.16. The maximum atomic E-state index is 13.2. The molecule has 0 N–H and O–H groups in total. The fraction of sp³-hybridized carbons (Fsp3) is 0. The first-order valence-corrected chi connectivity index (χ1v) is 11.3. The van der Waals surface area contributed by atoms with Crippen LogP contribution in [0.4, 0.5) is 16.2 Å². The van der Waals surface area contributed by atoms with Gasteiger partial charge in [0.15, 0.2) is 5.76 Å². The number of allylic oxidation sites excluding steroid dienone is 1. The number of nitrogens with zero attached hydrogens (tertiary/aromatic N) is 1. The zero-order valence-corrected chi connectivity index (χ0v) is 19.4. The van der Waals surface area contributed by atoms with E-state index in [4.69, 9.17) is 9.47 Å². The van der Waals surface area contributed by atoms with Crippen molar-refractivity contribution in [3.05, 3.63) is 124 Å². The van der Waals surface area contributed by atoms with Gasteiger partial charge in [0.25, 0.3) is 0 Å². The lowest BCUT2D eigenvalue weighted by Gasteiger charge is -2.22. The number of anilines is 2. The maximum absolute atomic E-state index is 13.2. The second-order valence-electron chi connectivity index (χ2n) is 7.52. The topological polar surface area (TPSA) is 55.8 Å². The summed E-state index contributed by atoms with van der Waals surface area (Å²) >= 11 is 3.40. The first-order valence-electron chi connectivity index (χ1n) is 10.5. The molecule has 0 unspecified atom stereocenters. The van der Waals surface area contributed by atoms with E-state index in [1.165, 1.54) is 4.90 Å². The predicted octanol–water partition coefficient (Wildman–Crippen LogP) is 7.40. The number of carbonyl (C=O) groups excluding carboxylic acids is 2. The Morgan fingerprint density at radius 3 is 2.06 bits per heavy atom. The zero-order chi connectivity index (χ0) is 23.5. The average molecular weight is 512 g/mol. The molecule has 0 bridgehead atoms. The summed E-state index contributed by atoms with van der Waals surface area (Å²) in [4.78, 5) is 27.4. The van der Waals surface area contributed by atoms with Crippen molar-refractivity contribution in [2.75, 3.05) is 4.90 Å². The van der Waals surface area contributed by atoms with E-state index < -0.39 is 6.09 Å². The quantitative estimate of drug-likeness (QED) is 0.268. The monoisotopic (exact) mass is 511 g/mol. The van der Waals surface area contributed by atoms with Crippen molar-refractivity contribution in [1.29, 1.82) is 0 Å². The summed E-state index contributed by atoms with van der Waals surface area (Å²) in [5, 5.41) is 0. The Labute approximate surface area is 205 Å². The van der Waals surface area contributed by atoms with Crippen LogP contribution in [0.3, 0.4) is 0 Å². The summed E-state index contributed by atoms with van der Waals surface area (Å²) in [5.41, 5.74) is 2.61. The van der Waals surface area contributed by atoms with Gasteiger partial charge in [-0.2, -0.15) is 0 Å². The van der Waals surface area contributed by atoms with Gasteiger partial charge in [-0.25, -0.2) is 9.69 Å². The Balaban J connectivity index is 1.40. The van der Waals surface area contributed by atoms with Crippen LogP contribution in [0.5, 0.6) is 11.5 Å². The van der Waals surface area contributed by atoms with E-state index >= 15 is 0 Å². The Bertz CT molecular complexity index is 1340. The van der Waals surface area contributed by atoms with Crippen LogP contribution in [0.15, 0.2) is 113 Å². The van der Waals surface area contributed by atoms with Crippen molar-refractivity contribution in [1.82, 2.24) is 0 Å². The molecule has 0 atom stereocenters. The number of carbonyl (C=O) groups is 2. The molecular weight excluding hydrogens is 494 g/mol. The van der Waals surface area contributed by atoms with Gasteiger partial charge >= 0.3 is 6.09 Å². The van der Waals surface area contributed by atoms with Crippen LogP contribution in [-0.4, -0.2) is 11.9 Å². The van der Waals surface area contributed by atoms with Crippen molar-refractivity contribution in [3.8, 4) is 11.5 Å². The number of ether oxygens (including phenoxy) is 2. The Hall–Kier alpha value is -4.16. The third kappa shape index (κ3) is 4.49. The smallest absolute Gasteiger partial charge is 0.424 e. The van der Waals surface area contributed by atoms with Crippen LogP contribution in [0.2, 0.25) is 0 Å².